The van der Waals surface area contributed by atoms with Gasteiger partial charge < -0.3 is 20.1 Å². The van der Waals surface area contributed by atoms with E-state index in [2.05, 4.69) is 12.0 Å². The van der Waals surface area contributed by atoms with Crippen LogP contribution in [0.5, 0.6) is 0 Å². The average molecular weight is 368 g/mol. The van der Waals surface area contributed by atoms with Crippen molar-refractivity contribution in [1.29, 1.82) is 0 Å². The predicted octanol–water partition coefficient (Wildman–Crippen LogP) is 1.51. The SMILES string of the molecule is CCCCOC(=O)C(C)CN.CCOC(=O)C(C)CNP(C)(=O)O. The fourth-order valence-electron chi connectivity index (χ4n) is 1.23. The normalized spacial score (nSPS) is 15.3. The molecule has 0 amide bonds. The lowest BCUT2D eigenvalue weighted by Gasteiger charge is -2.12. The summed E-state index contributed by atoms with van der Waals surface area (Å²) in [6.07, 6.45) is 1.98. The molecule has 3 unspecified atom stereocenters. The summed E-state index contributed by atoms with van der Waals surface area (Å²) < 4.78 is 20.4. The van der Waals surface area contributed by atoms with Crippen LogP contribution < -0.4 is 10.8 Å². The topological polar surface area (TPSA) is 128 Å². The Morgan fingerprint density at radius 1 is 1.17 bits per heavy atom. The monoisotopic (exact) mass is 368 g/mol. The van der Waals surface area contributed by atoms with Crippen LogP contribution in [-0.4, -0.2) is 49.8 Å². The van der Waals surface area contributed by atoms with Gasteiger partial charge in [-0.15, -0.1) is 0 Å². The smallest absolute Gasteiger partial charge is 0.309 e. The van der Waals surface area contributed by atoms with Crippen molar-refractivity contribution in [3.05, 3.63) is 0 Å². The lowest BCUT2D eigenvalue weighted by Crippen LogP contribution is -2.25. The molecule has 8 nitrogen and oxygen atoms in total. The molecule has 0 saturated carbocycles. The zero-order valence-corrected chi connectivity index (χ0v) is 16.3. The first kappa shape index (κ1) is 25.3. The number of hydrogen-bond donors (Lipinski definition) is 3. The second-order valence-corrected chi connectivity index (χ2v) is 7.63. The molecule has 0 aromatic rings. The van der Waals surface area contributed by atoms with Gasteiger partial charge in [-0.1, -0.05) is 27.2 Å². The highest BCUT2D eigenvalue weighted by Gasteiger charge is 2.17. The van der Waals surface area contributed by atoms with E-state index in [0.717, 1.165) is 12.8 Å². The van der Waals surface area contributed by atoms with E-state index in [1.54, 1.807) is 20.8 Å². The molecule has 0 aliphatic carbocycles. The molecule has 0 heterocycles. The fraction of sp³-hybridized carbons (Fsp3) is 0.867. The minimum Gasteiger partial charge on any atom is -0.466 e. The van der Waals surface area contributed by atoms with Crippen LogP contribution in [0.3, 0.4) is 0 Å². The number of hydrogen-bond acceptors (Lipinski definition) is 6. The second-order valence-electron chi connectivity index (χ2n) is 5.55. The third-order valence-corrected chi connectivity index (χ3v) is 3.65. The maximum atomic E-state index is 11.0. The number of esters is 2. The molecule has 3 atom stereocenters. The van der Waals surface area contributed by atoms with E-state index in [-0.39, 0.29) is 24.4 Å². The van der Waals surface area contributed by atoms with Crippen molar-refractivity contribution in [2.24, 2.45) is 17.6 Å². The first-order valence-corrected chi connectivity index (χ1v) is 10.3. The van der Waals surface area contributed by atoms with E-state index in [4.69, 9.17) is 20.1 Å². The molecule has 0 bridgehead atoms. The molecule has 0 rings (SSSR count). The van der Waals surface area contributed by atoms with Crippen LogP contribution in [0.4, 0.5) is 0 Å². The number of nitrogens with two attached hydrogens (primary N) is 1. The molecule has 0 radical (unpaired) electrons. The van der Waals surface area contributed by atoms with Crippen molar-refractivity contribution in [1.82, 2.24) is 5.09 Å². The maximum Gasteiger partial charge on any atom is 0.309 e. The summed E-state index contributed by atoms with van der Waals surface area (Å²) in [4.78, 5) is 30.8. The van der Waals surface area contributed by atoms with Gasteiger partial charge in [0, 0.05) is 19.8 Å². The first-order chi connectivity index (χ1) is 11.1. The maximum absolute atomic E-state index is 11.0. The molecule has 0 aromatic carbocycles. The second kappa shape index (κ2) is 14.4. The molecule has 9 heteroatoms. The molecule has 0 saturated heterocycles. The van der Waals surface area contributed by atoms with E-state index in [0.29, 0.717) is 19.8 Å². The fourth-order valence-corrected chi connectivity index (χ4v) is 1.84. The zero-order chi connectivity index (χ0) is 19.2. The van der Waals surface area contributed by atoms with Crippen LogP contribution in [0.15, 0.2) is 0 Å². The Balaban J connectivity index is 0. The van der Waals surface area contributed by atoms with Crippen molar-refractivity contribution < 1.29 is 28.5 Å². The molecule has 144 valence electrons. The highest BCUT2D eigenvalue weighted by atomic mass is 31.2. The molecule has 0 spiro atoms. The first-order valence-electron chi connectivity index (χ1n) is 8.17. The van der Waals surface area contributed by atoms with Crippen LogP contribution in [0.1, 0.15) is 40.5 Å². The lowest BCUT2D eigenvalue weighted by molar-refractivity contribution is -0.148. The van der Waals surface area contributed by atoms with Crippen molar-refractivity contribution in [3.63, 3.8) is 0 Å². The number of nitrogens with one attached hydrogen (secondary N) is 1. The number of carbonyl (C=O) groups is 2. The highest BCUT2D eigenvalue weighted by molar-refractivity contribution is 7.54. The Morgan fingerprint density at radius 2 is 1.71 bits per heavy atom. The molecule has 24 heavy (non-hydrogen) atoms. The Bertz CT molecular complexity index is 399. The Kier molecular flexibility index (Phi) is 15.2. The molecule has 0 aliphatic rings. The quantitative estimate of drug-likeness (QED) is 0.301. The summed E-state index contributed by atoms with van der Waals surface area (Å²) in [5.74, 6) is -1.10. The van der Waals surface area contributed by atoms with E-state index in [1.807, 2.05) is 0 Å². The molecule has 0 aromatic heterocycles. The number of rotatable bonds is 10. The van der Waals surface area contributed by atoms with Crippen LogP contribution in [-0.2, 0) is 23.6 Å². The summed E-state index contributed by atoms with van der Waals surface area (Å²) >= 11 is 0. The Labute approximate surface area is 145 Å². The summed E-state index contributed by atoms with van der Waals surface area (Å²) in [5.41, 5.74) is 5.28. The minimum absolute atomic E-state index is 0.156. The van der Waals surface area contributed by atoms with E-state index in [1.165, 1.54) is 6.66 Å². The van der Waals surface area contributed by atoms with Gasteiger partial charge in [0.25, 0.3) is 7.52 Å². The van der Waals surface area contributed by atoms with E-state index >= 15 is 0 Å². The van der Waals surface area contributed by atoms with Gasteiger partial charge in [-0.3, -0.25) is 14.2 Å². The number of carbonyl (C=O) groups excluding carboxylic acids is 2. The van der Waals surface area contributed by atoms with E-state index in [9.17, 15) is 14.2 Å². The number of ether oxygens (including phenoxy) is 2. The molecule has 4 N–H and O–H groups in total. The molecule has 0 fully saturated rings. The van der Waals surface area contributed by atoms with Crippen molar-refractivity contribution >= 4 is 19.5 Å². The van der Waals surface area contributed by atoms with Crippen LogP contribution in [0.25, 0.3) is 0 Å². The largest absolute Gasteiger partial charge is 0.466 e. The van der Waals surface area contributed by atoms with Crippen LogP contribution >= 0.6 is 7.52 Å². The Morgan fingerprint density at radius 3 is 2.12 bits per heavy atom. The molecular weight excluding hydrogens is 335 g/mol. The average Bonchev–Trinajstić information content (AvgIpc) is 2.52. The van der Waals surface area contributed by atoms with Gasteiger partial charge in [-0.25, -0.2) is 5.09 Å². The predicted molar refractivity (Wildman–Crippen MR) is 93.6 cm³/mol. The lowest BCUT2D eigenvalue weighted by atomic mass is 10.2. The molecule has 0 aliphatic heterocycles. The van der Waals surface area contributed by atoms with Gasteiger partial charge in [0.1, 0.15) is 0 Å². The zero-order valence-electron chi connectivity index (χ0n) is 15.4. The summed E-state index contributed by atoms with van der Waals surface area (Å²) in [6, 6.07) is 0. The van der Waals surface area contributed by atoms with Crippen molar-refractivity contribution in [2.75, 3.05) is 33.0 Å². The minimum atomic E-state index is -3.24. The summed E-state index contributed by atoms with van der Waals surface area (Å²) in [6.45, 7) is 9.74. The van der Waals surface area contributed by atoms with Crippen LogP contribution in [0, 0.1) is 11.8 Å². The van der Waals surface area contributed by atoms with Crippen LogP contribution in [0.2, 0.25) is 0 Å². The van der Waals surface area contributed by atoms with Gasteiger partial charge in [0.05, 0.1) is 25.0 Å². The van der Waals surface area contributed by atoms with Crippen molar-refractivity contribution in [2.45, 2.75) is 40.5 Å². The summed E-state index contributed by atoms with van der Waals surface area (Å²) in [5, 5.41) is 2.37. The van der Waals surface area contributed by atoms with Gasteiger partial charge in [-0.05, 0) is 13.3 Å². The third-order valence-electron chi connectivity index (χ3n) is 2.88. The third kappa shape index (κ3) is 15.9. The van der Waals surface area contributed by atoms with Gasteiger partial charge >= 0.3 is 11.9 Å². The van der Waals surface area contributed by atoms with Gasteiger partial charge in [0.15, 0.2) is 0 Å². The Hall–Kier alpha value is -0.950. The highest BCUT2D eigenvalue weighted by Crippen LogP contribution is 2.28. The standard InChI is InChI=1S/C8H17NO2.C7H16NO4P/c1-3-4-5-11-8(10)7(2)6-9;1-4-12-7(9)6(2)5-8-13(3,10)11/h7H,3-6,9H2,1-2H3;6H,4-5H2,1-3H3,(H2,8,10,11). The molecular formula is C15H33N2O6P. The van der Waals surface area contributed by atoms with Crippen molar-refractivity contribution in [3.8, 4) is 0 Å². The summed E-state index contributed by atoms with van der Waals surface area (Å²) in [7, 11) is -3.24. The number of unbranched alkanes of at least 4 members (excludes halogenated alkanes) is 1. The van der Waals surface area contributed by atoms with Gasteiger partial charge in [0.2, 0.25) is 0 Å². The van der Waals surface area contributed by atoms with Gasteiger partial charge in [-0.2, -0.15) is 0 Å². The van der Waals surface area contributed by atoms with E-state index < -0.39 is 13.4 Å².